The SMILES string of the molecule is C=CCCC(NCC)C1(c2ccccc2)CCOCC1. The Hall–Kier alpha value is -1.12. The standard InChI is InChI=1S/C18H27NO/c1-3-5-11-17(19-4-2)18(12-14-20-15-13-18)16-9-7-6-8-10-16/h3,6-10,17,19H,1,4-5,11-15H2,2H3. The lowest BCUT2D eigenvalue weighted by Gasteiger charge is -2.44. The highest BCUT2D eigenvalue weighted by molar-refractivity contribution is 5.28. The molecule has 1 heterocycles. The fraction of sp³-hybridized carbons (Fsp3) is 0.556. The van der Waals surface area contributed by atoms with Gasteiger partial charge in [0.15, 0.2) is 0 Å². The molecule has 1 atom stereocenters. The Bertz CT molecular complexity index is 395. The molecule has 0 aromatic heterocycles. The maximum absolute atomic E-state index is 5.63. The molecule has 0 bridgehead atoms. The normalized spacial score (nSPS) is 19.4. The van der Waals surface area contributed by atoms with Crippen LogP contribution in [0.25, 0.3) is 0 Å². The van der Waals surface area contributed by atoms with Gasteiger partial charge in [0.1, 0.15) is 0 Å². The van der Waals surface area contributed by atoms with Crippen molar-refractivity contribution in [1.29, 1.82) is 0 Å². The second-order valence-corrected chi connectivity index (χ2v) is 5.61. The van der Waals surface area contributed by atoms with E-state index in [1.807, 2.05) is 6.08 Å². The van der Waals surface area contributed by atoms with E-state index in [0.29, 0.717) is 6.04 Å². The van der Waals surface area contributed by atoms with Gasteiger partial charge in [-0.25, -0.2) is 0 Å². The van der Waals surface area contributed by atoms with Gasteiger partial charge in [0.25, 0.3) is 0 Å². The van der Waals surface area contributed by atoms with Crippen molar-refractivity contribution in [2.45, 2.75) is 44.1 Å². The summed E-state index contributed by atoms with van der Waals surface area (Å²) in [4.78, 5) is 0. The van der Waals surface area contributed by atoms with E-state index < -0.39 is 0 Å². The Morgan fingerprint density at radius 3 is 2.60 bits per heavy atom. The molecule has 2 rings (SSSR count). The molecule has 1 aliphatic heterocycles. The highest BCUT2D eigenvalue weighted by Gasteiger charge is 2.40. The molecule has 0 radical (unpaired) electrons. The van der Waals surface area contributed by atoms with E-state index >= 15 is 0 Å². The number of hydrogen-bond acceptors (Lipinski definition) is 2. The predicted molar refractivity (Wildman–Crippen MR) is 85.1 cm³/mol. The lowest BCUT2D eigenvalue weighted by molar-refractivity contribution is 0.0333. The van der Waals surface area contributed by atoms with Gasteiger partial charge in [0.05, 0.1) is 0 Å². The first kappa shape index (κ1) is 15.3. The Morgan fingerprint density at radius 1 is 1.30 bits per heavy atom. The molecule has 1 unspecified atom stereocenters. The zero-order valence-corrected chi connectivity index (χ0v) is 12.6. The zero-order valence-electron chi connectivity index (χ0n) is 12.6. The van der Waals surface area contributed by atoms with E-state index in [1.54, 1.807) is 0 Å². The van der Waals surface area contributed by atoms with E-state index in [9.17, 15) is 0 Å². The lowest BCUT2D eigenvalue weighted by Crippen LogP contribution is -2.51. The first-order valence-electron chi connectivity index (χ1n) is 7.81. The van der Waals surface area contributed by atoms with Gasteiger partial charge in [-0.15, -0.1) is 6.58 Å². The van der Waals surface area contributed by atoms with Crippen LogP contribution in [0.1, 0.15) is 38.2 Å². The molecule has 0 saturated carbocycles. The molecule has 0 aliphatic carbocycles. The number of rotatable bonds is 7. The maximum atomic E-state index is 5.63. The summed E-state index contributed by atoms with van der Waals surface area (Å²) >= 11 is 0. The van der Waals surface area contributed by atoms with Gasteiger partial charge < -0.3 is 10.1 Å². The minimum atomic E-state index is 0.207. The van der Waals surface area contributed by atoms with Gasteiger partial charge in [0, 0.05) is 24.7 Å². The quantitative estimate of drug-likeness (QED) is 0.765. The van der Waals surface area contributed by atoms with Crippen LogP contribution in [-0.2, 0) is 10.2 Å². The third-order valence-corrected chi connectivity index (χ3v) is 4.51. The molecule has 2 nitrogen and oxygen atoms in total. The smallest absolute Gasteiger partial charge is 0.0475 e. The van der Waals surface area contributed by atoms with Crippen LogP contribution in [0, 0.1) is 0 Å². The van der Waals surface area contributed by atoms with Crippen molar-refractivity contribution in [3.05, 3.63) is 48.6 Å². The summed E-state index contributed by atoms with van der Waals surface area (Å²) in [7, 11) is 0. The molecule has 1 aliphatic rings. The summed E-state index contributed by atoms with van der Waals surface area (Å²) in [6.45, 7) is 8.82. The van der Waals surface area contributed by atoms with E-state index in [4.69, 9.17) is 4.74 Å². The van der Waals surface area contributed by atoms with Crippen molar-refractivity contribution in [2.75, 3.05) is 19.8 Å². The van der Waals surface area contributed by atoms with E-state index in [1.165, 1.54) is 5.56 Å². The topological polar surface area (TPSA) is 21.3 Å². The second kappa shape index (κ2) is 7.61. The predicted octanol–water partition coefficient (Wildman–Crippen LogP) is 3.68. The van der Waals surface area contributed by atoms with Crippen LogP contribution in [0.4, 0.5) is 0 Å². The Kier molecular flexibility index (Phi) is 5.81. The molecular formula is C18H27NO. The van der Waals surface area contributed by atoms with Gasteiger partial charge in [-0.1, -0.05) is 43.3 Å². The minimum absolute atomic E-state index is 0.207. The van der Waals surface area contributed by atoms with Crippen molar-refractivity contribution in [1.82, 2.24) is 5.32 Å². The molecule has 1 N–H and O–H groups in total. The zero-order chi connectivity index (χ0) is 14.3. The molecule has 2 heteroatoms. The molecule has 1 aromatic carbocycles. The van der Waals surface area contributed by atoms with E-state index in [-0.39, 0.29) is 5.41 Å². The number of nitrogens with one attached hydrogen (secondary N) is 1. The third-order valence-electron chi connectivity index (χ3n) is 4.51. The lowest BCUT2D eigenvalue weighted by atomic mass is 9.67. The average molecular weight is 273 g/mol. The van der Waals surface area contributed by atoms with Gasteiger partial charge in [-0.3, -0.25) is 0 Å². The molecule has 110 valence electrons. The number of allylic oxidation sites excluding steroid dienone is 1. The van der Waals surface area contributed by atoms with Crippen LogP contribution < -0.4 is 5.32 Å². The summed E-state index contributed by atoms with van der Waals surface area (Å²) < 4.78 is 5.63. The third kappa shape index (κ3) is 3.31. The molecule has 1 aromatic rings. The first-order valence-corrected chi connectivity index (χ1v) is 7.81. The number of likely N-dealkylation sites (N-methyl/N-ethyl adjacent to an activating group) is 1. The summed E-state index contributed by atoms with van der Waals surface area (Å²) in [5.74, 6) is 0. The van der Waals surface area contributed by atoms with Crippen LogP contribution in [0.2, 0.25) is 0 Å². The minimum Gasteiger partial charge on any atom is -0.381 e. The largest absolute Gasteiger partial charge is 0.381 e. The van der Waals surface area contributed by atoms with Crippen LogP contribution >= 0.6 is 0 Å². The summed E-state index contributed by atoms with van der Waals surface area (Å²) in [5, 5.41) is 3.72. The van der Waals surface area contributed by atoms with Crippen molar-refractivity contribution >= 4 is 0 Å². The second-order valence-electron chi connectivity index (χ2n) is 5.61. The Morgan fingerprint density at radius 2 is 2.00 bits per heavy atom. The van der Waals surface area contributed by atoms with Crippen molar-refractivity contribution in [3.8, 4) is 0 Å². The van der Waals surface area contributed by atoms with Crippen molar-refractivity contribution in [3.63, 3.8) is 0 Å². The molecule has 1 fully saturated rings. The molecule has 0 amide bonds. The van der Waals surface area contributed by atoms with Crippen LogP contribution in [0.15, 0.2) is 43.0 Å². The van der Waals surface area contributed by atoms with Crippen LogP contribution in [0.5, 0.6) is 0 Å². The Labute approximate surface area is 123 Å². The van der Waals surface area contributed by atoms with Gasteiger partial charge >= 0.3 is 0 Å². The number of ether oxygens (including phenoxy) is 1. The number of hydrogen-bond donors (Lipinski definition) is 1. The molecule has 0 spiro atoms. The number of benzene rings is 1. The van der Waals surface area contributed by atoms with Crippen LogP contribution in [-0.4, -0.2) is 25.8 Å². The van der Waals surface area contributed by atoms with Gasteiger partial charge in [-0.05, 0) is 37.8 Å². The summed E-state index contributed by atoms with van der Waals surface area (Å²) in [6, 6.07) is 11.5. The molecule has 1 saturated heterocycles. The van der Waals surface area contributed by atoms with Gasteiger partial charge in [0.2, 0.25) is 0 Å². The average Bonchev–Trinajstić information content (AvgIpc) is 2.53. The summed E-state index contributed by atoms with van der Waals surface area (Å²) in [5.41, 5.74) is 1.66. The molecule has 20 heavy (non-hydrogen) atoms. The Balaban J connectivity index is 2.30. The van der Waals surface area contributed by atoms with Crippen molar-refractivity contribution < 1.29 is 4.74 Å². The van der Waals surface area contributed by atoms with Crippen LogP contribution in [0.3, 0.4) is 0 Å². The highest BCUT2D eigenvalue weighted by atomic mass is 16.5. The van der Waals surface area contributed by atoms with Crippen molar-refractivity contribution in [2.24, 2.45) is 0 Å². The highest BCUT2D eigenvalue weighted by Crippen LogP contribution is 2.39. The first-order chi connectivity index (χ1) is 9.83. The monoisotopic (exact) mass is 273 g/mol. The maximum Gasteiger partial charge on any atom is 0.0475 e. The van der Waals surface area contributed by atoms with Gasteiger partial charge in [-0.2, -0.15) is 0 Å². The van der Waals surface area contributed by atoms with E-state index in [2.05, 4.69) is 49.2 Å². The molecular weight excluding hydrogens is 246 g/mol. The fourth-order valence-electron chi connectivity index (χ4n) is 3.45. The van der Waals surface area contributed by atoms with E-state index in [0.717, 1.165) is 45.4 Å². The fourth-order valence-corrected chi connectivity index (χ4v) is 3.45. The summed E-state index contributed by atoms with van der Waals surface area (Å²) in [6.07, 6.45) is 6.44.